The van der Waals surface area contributed by atoms with Gasteiger partial charge in [-0.05, 0) is 19.1 Å². The fourth-order valence-electron chi connectivity index (χ4n) is 1.68. The van der Waals surface area contributed by atoms with Crippen LogP contribution in [0.25, 0.3) is 0 Å². The van der Waals surface area contributed by atoms with Crippen LogP contribution in [-0.4, -0.2) is 30.2 Å². The summed E-state index contributed by atoms with van der Waals surface area (Å²) in [7, 11) is 0. The van der Waals surface area contributed by atoms with Gasteiger partial charge < -0.3 is 10.8 Å². The van der Waals surface area contributed by atoms with E-state index in [1.807, 2.05) is 0 Å². The lowest BCUT2D eigenvalue weighted by atomic mass is 9.80. The van der Waals surface area contributed by atoms with Gasteiger partial charge in [0.15, 0.2) is 0 Å². The van der Waals surface area contributed by atoms with Crippen LogP contribution in [0.4, 0.5) is 0 Å². The first-order chi connectivity index (χ1) is 7.69. The van der Waals surface area contributed by atoms with Crippen LogP contribution in [0.1, 0.15) is 25.7 Å². The maximum absolute atomic E-state index is 11.0. The molecule has 1 fully saturated rings. The van der Waals surface area contributed by atoms with Gasteiger partial charge in [0.05, 0.1) is 18.0 Å². The van der Waals surface area contributed by atoms with E-state index in [4.69, 9.17) is 10.8 Å². The summed E-state index contributed by atoms with van der Waals surface area (Å²) < 4.78 is 0. The Hall–Kier alpha value is -1.49. The van der Waals surface area contributed by atoms with Gasteiger partial charge in [0.1, 0.15) is 0 Å². The summed E-state index contributed by atoms with van der Waals surface area (Å²) in [6.07, 6.45) is 5.39. The van der Waals surface area contributed by atoms with Crippen LogP contribution in [0, 0.1) is 5.92 Å². The molecule has 0 aliphatic heterocycles. The molecule has 0 spiro atoms. The summed E-state index contributed by atoms with van der Waals surface area (Å²) in [5.74, 6) is -0.489. The van der Waals surface area contributed by atoms with Crippen LogP contribution >= 0.6 is 0 Å². The third kappa shape index (κ3) is 3.27. The fraction of sp³-hybridized carbons (Fsp3) is 0.545. The van der Waals surface area contributed by atoms with Gasteiger partial charge in [-0.2, -0.15) is 0 Å². The Labute approximate surface area is 94.8 Å². The highest BCUT2D eigenvalue weighted by molar-refractivity contribution is 6.19. The average molecular weight is 223 g/mol. The van der Waals surface area contributed by atoms with Crippen LogP contribution in [0.2, 0.25) is 0 Å². The zero-order valence-corrected chi connectivity index (χ0v) is 9.22. The van der Waals surface area contributed by atoms with Crippen LogP contribution in [0.5, 0.6) is 0 Å². The SMILES string of the molecule is C=N/C=C(/C(=O)O)C(CC1CCC1)=NCN. The largest absolute Gasteiger partial charge is 0.478 e. The Kier molecular flexibility index (Phi) is 4.85. The van der Waals surface area contributed by atoms with Gasteiger partial charge in [-0.3, -0.25) is 9.98 Å². The number of aliphatic carboxylic acids is 1. The van der Waals surface area contributed by atoms with E-state index in [0.29, 0.717) is 18.1 Å². The Morgan fingerprint density at radius 3 is 2.62 bits per heavy atom. The molecule has 0 aromatic heterocycles. The van der Waals surface area contributed by atoms with Crippen molar-refractivity contribution in [2.45, 2.75) is 25.7 Å². The van der Waals surface area contributed by atoms with Gasteiger partial charge in [0, 0.05) is 6.20 Å². The lowest BCUT2D eigenvalue weighted by molar-refractivity contribution is -0.132. The molecule has 0 atom stereocenters. The maximum atomic E-state index is 11.0. The number of nitrogens with two attached hydrogens (primary N) is 1. The summed E-state index contributed by atoms with van der Waals surface area (Å²) in [5, 5.41) is 9.03. The molecule has 0 heterocycles. The molecule has 16 heavy (non-hydrogen) atoms. The lowest BCUT2D eigenvalue weighted by Crippen LogP contribution is -2.21. The molecule has 0 radical (unpaired) electrons. The molecule has 3 N–H and O–H groups in total. The van der Waals surface area contributed by atoms with Crippen molar-refractivity contribution < 1.29 is 9.90 Å². The minimum absolute atomic E-state index is 0.101. The molecule has 0 unspecified atom stereocenters. The number of carboxylic acid groups (broad SMARTS) is 1. The summed E-state index contributed by atoms with van der Waals surface area (Å²) in [6, 6.07) is 0. The molecule has 0 aromatic rings. The van der Waals surface area contributed by atoms with Crippen molar-refractivity contribution in [1.82, 2.24) is 0 Å². The molecule has 0 aromatic carbocycles. The zero-order valence-electron chi connectivity index (χ0n) is 9.22. The van der Waals surface area contributed by atoms with Crippen LogP contribution in [0.3, 0.4) is 0 Å². The van der Waals surface area contributed by atoms with Crippen molar-refractivity contribution in [3.8, 4) is 0 Å². The number of hydrogen-bond acceptors (Lipinski definition) is 4. The van der Waals surface area contributed by atoms with Crippen molar-refractivity contribution in [3.63, 3.8) is 0 Å². The molecule has 1 aliphatic carbocycles. The molecule has 0 saturated heterocycles. The second-order valence-corrected chi connectivity index (χ2v) is 3.82. The third-order valence-corrected chi connectivity index (χ3v) is 2.75. The van der Waals surface area contributed by atoms with Gasteiger partial charge in [0.25, 0.3) is 0 Å². The van der Waals surface area contributed by atoms with E-state index >= 15 is 0 Å². The van der Waals surface area contributed by atoms with E-state index < -0.39 is 5.97 Å². The molecule has 5 nitrogen and oxygen atoms in total. The molecular weight excluding hydrogens is 206 g/mol. The molecule has 0 bridgehead atoms. The summed E-state index contributed by atoms with van der Waals surface area (Å²) >= 11 is 0. The quantitative estimate of drug-likeness (QED) is 0.524. The first-order valence-corrected chi connectivity index (χ1v) is 5.32. The number of hydrogen-bond donors (Lipinski definition) is 2. The van der Waals surface area contributed by atoms with Gasteiger partial charge in [-0.15, -0.1) is 0 Å². The van der Waals surface area contributed by atoms with Crippen LogP contribution < -0.4 is 5.73 Å². The maximum Gasteiger partial charge on any atom is 0.339 e. The lowest BCUT2D eigenvalue weighted by Gasteiger charge is -2.25. The topological polar surface area (TPSA) is 88.0 Å². The predicted octanol–water partition coefficient (Wildman–Crippen LogP) is 1.20. The van der Waals surface area contributed by atoms with Crippen LogP contribution in [0.15, 0.2) is 21.8 Å². The second-order valence-electron chi connectivity index (χ2n) is 3.82. The van der Waals surface area contributed by atoms with E-state index in [0.717, 1.165) is 12.8 Å². The fourth-order valence-corrected chi connectivity index (χ4v) is 1.68. The summed E-state index contributed by atoms with van der Waals surface area (Å²) in [4.78, 5) is 18.6. The highest BCUT2D eigenvalue weighted by atomic mass is 16.4. The third-order valence-electron chi connectivity index (χ3n) is 2.75. The molecule has 88 valence electrons. The normalized spacial score (nSPS) is 18.1. The number of carboxylic acids is 1. The Balaban J connectivity index is 2.80. The second kappa shape index (κ2) is 6.17. The number of rotatable bonds is 6. The van der Waals surface area contributed by atoms with E-state index in [1.54, 1.807) is 0 Å². The van der Waals surface area contributed by atoms with E-state index in [2.05, 4.69) is 16.7 Å². The minimum atomic E-state index is -1.03. The predicted molar refractivity (Wildman–Crippen MR) is 63.7 cm³/mol. The molecule has 1 rings (SSSR count). The first-order valence-electron chi connectivity index (χ1n) is 5.32. The van der Waals surface area contributed by atoms with Gasteiger partial charge in [-0.1, -0.05) is 19.3 Å². The van der Waals surface area contributed by atoms with Crippen molar-refractivity contribution in [1.29, 1.82) is 0 Å². The molecule has 0 amide bonds. The van der Waals surface area contributed by atoms with Gasteiger partial charge in [0.2, 0.25) is 0 Å². The number of aliphatic imine (C=N–C) groups is 2. The Bertz CT molecular complexity index is 330. The monoisotopic (exact) mass is 223 g/mol. The summed E-state index contributed by atoms with van der Waals surface area (Å²) in [5.41, 5.74) is 5.98. The smallest absolute Gasteiger partial charge is 0.339 e. The number of nitrogens with zero attached hydrogens (tertiary/aromatic N) is 2. The highest BCUT2D eigenvalue weighted by Gasteiger charge is 2.23. The first kappa shape index (κ1) is 12.6. The molecule has 5 heteroatoms. The summed E-state index contributed by atoms with van der Waals surface area (Å²) in [6.45, 7) is 3.36. The van der Waals surface area contributed by atoms with Gasteiger partial charge in [-0.25, -0.2) is 4.79 Å². The van der Waals surface area contributed by atoms with Crippen molar-refractivity contribution in [2.24, 2.45) is 21.6 Å². The average Bonchev–Trinajstić information content (AvgIpc) is 2.18. The van der Waals surface area contributed by atoms with Crippen molar-refractivity contribution in [2.75, 3.05) is 6.67 Å². The van der Waals surface area contributed by atoms with Crippen molar-refractivity contribution >= 4 is 18.4 Å². The molecule has 1 aliphatic rings. The van der Waals surface area contributed by atoms with Crippen LogP contribution in [-0.2, 0) is 4.79 Å². The van der Waals surface area contributed by atoms with E-state index in [1.165, 1.54) is 12.6 Å². The highest BCUT2D eigenvalue weighted by Crippen LogP contribution is 2.30. The Morgan fingerprint density at radius 1 is 1.56 bits per heavy atom. The van der Waals surface area contributed by atoms with E-state index in [9.17, 15) is 4.79 Å². The van der Waals surface area contributed by atoms with Crippen molar-refractivity contribution in [3.05, 3.63) is 11.8 Å². The molecule has 1 saturated carbocycles. The number of carbonyl (C=O) groups is 1. The Morgan fingerprint density at radius 2 is 2.25 bits per heavy atom. The van der Waals surface area contributed by atoms with Gasteiger partial charge >= 0.3 is 5.97 Å². The zero-order chi connectivity index (χ0) is 12.0. The van der Waals surface area contributed by atoms with E-state index in [-0.39, 0.29) is 12.2 Å². The minimum Gasteiger partial charge on any atom is -0.478 e. The molecular formula is C11H17N3O2. The standard InChI is InChI=1S/C11H17N3O2/c1-13-6-9(11(15)16)10(14-7-12)5-8-3-2-4-8/h6,8H,1-5,7,12H2,(H,15,16)/b9-6+,14-10?.